The summed E-state index contributed by atoms with van der Waals surface area (Å²) >= 11 is 0. The predicted molar refractivity (Wildman–Crippen MR) is 90.0 cm³/mol. The number of fused-ring (bicyclic) bond motifs is 1. The van der Waals surface area contributed by atoms with Crippen LogP contribution in [0.3, 0.4) is 0 Å². The second-order valence-corrected chi connectivity index (χ2v) is 6.00. The average Bonchev–Trinajstić information content (AvgIpc) is 2.94. The second kappa shape index (κ2) is 6.35. The minimum absolute atomic E-state index is 0.113. The molecule has 5 heteroatoms. The minimum Gasteiger partial charge on any atom is -0.478 e. The number of carbonyl (C=O) groups is 2. The molecule has 0 saturated heterocycles. The van der Waals surface area contributed by atoms with Gasteiger partial charge in [-0.1, -0.05) is 18.2 Å². The Kier molecular flexibility index (Phi) is 4.25. The number of rotatable bonds is 4. The zero-order valence-corrected chi connectivity index (χ0v) is 13.7. The van der Waals surface area contributed by atoms with Crippen LogP contribution in [0, 0.1) is 6.92 Å². The Morgan fingerprint density at radius 2 is 2.08 bits per heavy atom. The number of allylic oxidation sites excluding steroid dienone is 1. The van der Waals surface area contributed by atoms with Crippen LogP contribution >= 0.6 is 0 Å². The largest absolute Gasteiger partial charge is 0.478 e. The maximum absolute atomic E-state index is 12.6. The maximum atomic E-state index is 12.6. The SMILES string of the molecule is Cc1oc(CN(C)C(=O)c2ccc3c(c2)CCC=C3)cc1C(=O)O. The molecule has 0 unspecified atom stereocenters. The molecular weight excluding hydrogens is 306 g/mol. The van der Waals surface area contributed by atoms with Gasteiger partial charge in [-0.05, 0) is 49.1 Å². The van der Waals surface area contributed by atoms with Gasteiger partial charge in [0, 0.05) is 12.6 Å². The summed E-state index contributed by atoms with van der Waals surface area (Å²) in [4.78, 5) is 25.2. The van der Waals surface area contributed by atoms with Crippen LogP contribution < -0.4 is 0 Å². The molecule has 2 aromatic rings. The highest BCUT2D eigenvalue weighted by atomic mass is 16.4. The van der Waals surface area contributed by atoms with Gasteiger partial charge in [0.15, 0.2) is 0 Å². The first-order valence-corrected chi connectivity index (χ1v) is 7.83. The van der Waals surface area contributed by atoms with Crippen molar-refractivity contribution in [2.45, 2.75) is 26.3 Å². The molecule has 1 aliphatic carbocycles. The van der Waals surface area contributed by atoms with Crippen LogP contribution in [0.15, 0.2) is 34.8 Å². The quantitative estimate of drug-likeness (QED) is 0.933. The number of nitrogens with zero attached hydrogens (tertiary/aromatic N) is 1. The first-order valence-electron chi connectivity index (χ1n) is 7.83. The van der Waals surface area contributed by atoms with Crippen molar-refractivity contribution in [3.8, 4) is 0 Å². The summed E-state index contributed by atoms with van der Waals surface area (Å²) in [5.41, 5.74) is 3.10. The molecule has 1 amide bonds. The topological polar surface area (TPSA) is 70.8 Å². The molecule has 0 radical (unpaired) electrons. The molecule has 24 heavy (non-hydrogen) atoms. The van der Waals surface area contributed by atoms with Crippen molar-refractivity contribution < 1.29 is 19.1 Å². The van der Waals surface area contributed by atoms with E-state index in [1.807, 2.05) is 18.2 Å². The van der Waals surface area contributed by atoms with E-state index in [2.05, 4.69) is 12.2 Å². The lowest BCUT2D eigenvalue weighted by Gasteiger charge is -2.18. The van der Waals surface area contributed by atoms with Gasteiger partial charge in [-0.15, -0.1) is 0 Å². The highest BCUT2D eigenvalue weighted by Crippen LogP contribution is 2.22. The van der Waals surface area contributed by atoms with Crippen LogP contribution in [0.25, 0.3) is 6.08 Å². The first kappa shape index (κ1) is 16.1. The molecule has 0 atom stereocenters. The zero-order chi connectivity index (χ0) is 17.3. The van der Waals surface area contributed by atoms with E-state index in [4.69, 9.17) is 9.52 Å². The monoisotopic (exact) mass is 325 g/mol. The number of hydrogen-bond acceptors (Lipinski definition) is 3. The Labute approximate surface area is 140 Å². The molecule has 3 rings (SSSR count). The first-order chi connectivity index (χ1) is 11.5. The molecule has 1 aromatic heterocycles. The Hall–Kier alpha value is -2.82. The van der Waals surface area contributed by atoms with E-state index in [-0.39, 0.29) is 18.0 Å². The highest BCUT2D eigenvalue weighted by molar-refractivity contribution is 5.94. The van der Waals surface area contributed by atoms with Gasteiger partial charge in [0.2, 0.25) is 0 Å². The Balaban J connectivity index is 1.76. The van der Waals surface area contributed by atoms with Crippen molar-refractivity contribution in [1.29, 1.82) is 0 Å². The number of carboxylic acids is 1. The lowest BCUT2D eigenvalue weighted by Crippen LogP contribution is -2.26. The Morgan fingerprint density at radius 1 is 1.29 bits per heavy atom. The third-order valence-corrected chi connectivity index (χ3v) is 4.21. The van der Waals surface area contributed by atoms with Crippen LogP contribution in [-0.2, 0) is 13.0 Å². The summed E-state index contributed by atoms with van der Waals surface area (Å²) in [7, 11) is 1.68. The number of hydrogen-bond donors (Lipinski definition) is 1. The normalized spacial score (nSPS) is 12.8. The van der Waals surface area contributed by atoms with E-state index >= 15 is 0 Å². The van der Waals surface area contributed by atoms with Gasteiger partial charge >= 0.3 is 5.97 Å². The molecular formula is C19H19NO4. The van der Waals surface area contributed by atoms with Crippen molar-refractivity contribution in [3.05, 3.63) is 64.1 Å². The Morgan fingerprint density at radius 3 is 2.79 bits per heavy atom. The van der Waals surface area contributed by atoms with Crippen LogP contribution in [-0.4, -0.2) is 28.9 Å². The summed E-state index contributed by atoms with van der Waals surface area (Å²) in [5.74, 6) is -0.335. The number of benzene rings is 1. The Bertz CT molecular complexity index is 832. The predicted octanol–water partition coefficient (Wildman–Crippen LogP) is 3.52. The standard InChI is InChI=1S/C19H19NO4/c1-12-17(19(22)23)10-16(24-12)11-20(2)18(21)15-8-7-13-5-3-4-6-14(13)9-15/h3,5,7-10H,4,6,11H2,1-2H3,(H,22,23). The van der Waals surface area contributed by atoms with Gasteiger partial charge in [0.1, 0.15) is 17.1 Å². The summed E-state index contributed by atoms with van der Waals surface area (Å²) in [6, 6.07) is 7.20. The fraction of sp³-hybridized carbons (Fsp3) is 0.263. The fourth-order valence-corrected chi connectivity index (χ4v) is 2.93. The number of aryl methyl sites for hydroxylation is 2. The van der Waals surface area contributed by atoms with E-state index in [0.717, 1.165) is 18.4 Å². The number of furan rings is 1. The van der Waals surface area contributed by atoms with Crippen molar-refractivity contribution >= 4 is 18.0 Å². The van der Waals surface area contributed by atoms with E-state index in [1.165, 1.54) is 16.5 Å². The van der Waals surface area contributed by atoms with Crippen LogP contribution in [0.5, 0.6) is 0 Å². The summed E-state index contributed by atoms with van der Waals surface area (Å²) in [5, 5.41) is 9.07. The van der Waals surface area contributed by atoms with Crippen molar-refractivity contribution in [2.24, 2.45) is 0 Å². The van der Waals surface area contributed by atoms with E-state index < -0.39 is 5.97 Å². The minimum atomic E-state index is -1.03. The maximum Gasteiger partial charge on any atom is 0.339 e. The summed E-state index contributed by atoms with van der Waals surface area (Å²) in [6.45, 7) is 1.83. The van der Waals surface area contributed by atoms with Crippen molar-refractivity contribution in [3.63, 3.8) is 0 Å². The number of carboxylic acid groups (broad SMARTS) is 1. The van der Waals surface area contributed by atoms with Crippen LogP contribution in [0.2, 0.25) is 0 Å². The summed E-state index contributed by atoms with van der Waals surface area (Å²) < 4.78 is 5.44. The number of amides is 1. The van der Waals surface area contributed by atoms with Crippen LogP contribution in [0.1, 0.15) is 49.8 Å². The number of aromatic carboxylic acids is 1. The molecule has 0 bridgehead atoms. The molecule has 0 spiro atoms. The van der Waals surface area contributed by atoms with Gasteiger partial charge in [-0.25, -0.2) is 4.79 Å². The van der Waals surface area contributed by atoms with Gasteiger partial charge < -0.3 is 14.4 Å². The average molecular weight is 325 g/mol. The van der Waals surface area contributed by atoms with Crippen molar-refractivity contribution in [1.82, 2.24) is 4.90 Å². The summed E-state index contributed by atoms with van der Waals surface area (Å²) in [6.07, 6.45) is 6.14. The second-order valence-electron chi connectivity index (χ2n) is 6.00. The highest BCUT2D eigenvalue weighted by Gasteiger charge is 2.18. The third-order valence-electron chi connectivity index (χ3n) is 4.21. The van der Waals surface area contributed by atoms with Crippen molar-refractivity contribution in [2.75, 3.05) is 7.05 Å². The van der Waals surface area contributed by atoms with Gasteiger partial charge in [0.25, 0.3) is 5.91 Å². The zero-order valence-electron chi connectivity index (χ0n) is 13.7. The molecule has 1 aromatic carbocycles. The fourth-order valence-electron chi connectivity index (χ4n) is 2.93. The lowest BCUT2D eigenvalue weighted by molar-refractivity contribution is 0.0694. The third kappa shape index (κ3) is 3.11. The molecule has 0 saturated carbocycles. The number of carbonyl (C=O) groups excluding carboxylic acids is 1. The molecule has 1 N–H and O–H groups in total. The van der Waals surface area contributed by atoms with Crippen LogP contribution in [0.4, 0.5) is 0 Å². The van der Waals surface area contributed by atoms with E-state index in [1.54, 1.807) is 14.0 Å². The molecule has 0 fully saturated rings. The smallest absolute Gasteiger partial charge is 0.339 e. The van der Waals surface area contributed by atoms with E-state index in [9.17, 15) is 9.59 Å². The molecule has 0 aliphatic heterocycles. The molecule has 1 heterocycles. The van der Waals surface area contributed by atoms with Gasteiger partial charge in [0.05, 0.1) is 6.54 Å². The molecule has 1 aliphatic rings. The van der Waals surface area contributed by atoms with Gasteiger partial charge in [-0.3, -0.25) is 4.79 Å². The lowest BCUT2D eigenvalue weighted by atomic mass is 9.95. The van der Waals surface area contributed by atoms with Gasteiger partial charge in [-0.2, -0.15) is 0 Å². The van der Waals surface area contributed by atoms with E-state index in [0.29, 0.717) is 17.1 Å². The molecule has 124 valence electrons. The molecule has 5 nitrogen and oxygen atoms in total.